The lowest BCUT2D eigenvalue weighted by Crippen LogP contribution is -2.14. The van der Waals surface area contributed by atoms with E-state index < -0.39 is 0 Å². The average Bonchev–Trinajstić information content (AvgIpc) is 2.63. The largest absolute Gasteiger partial charge is 0.321 e. The lowest BCUT2D eigenvalue weighted by Gasteiger charge is -2.11. The second-order valence-electron chi connectivity index (χ2n) is 4.77. The van der Waals surface area contributed by atoms with Gasteiger partial charge in [-0.15, -0.1) is 11.8 Å². The van der Waals surface area contributed by atoms with Crippen molar-refractivity contribution in [3.63, 3.8) is 0 Å². The number of anilines is 1. The molecule has 0 radical (unpaired) electrons. The van der Waals surface area contributed by atoms with E-state index in [0.29, 0.717) is 17.0 Å². The van der Waals surface area contributed by atoms with Gasteiger partial charge in [-0.05, 0) is 42.7 Å². The number of amides is 1. The van der Waals surface area contributed by atoms with Crippen LogP contribution in [0, 0.1) is 0 Å². The highest BCUT2D eigenvalue weighted by atomic mass is 32.2. The molecule has 1 N–H and O–H groups in total. The average molecular weight is 321 g/mol. The molecule has 0 aliphatic carbocycles. The molecule has 0 unspecified atom stereocenters. The molecular weight excluding hydrogens is 306 g/mol. The molecule has 0 aliphatic heterocycles. The van der Waals surface area contributed by atoms with E-state index in [2.05, 4.69) is 15.3 Å². The lowest BCUT2D eigenvalue weighted by atomic mass is 10.1. The summed E-state index contributed by atoms with van der Waals surface area (Å²) in [5.74, 6) is -0.194. The molecular formula is C18H15N3OS. The molecule has 0 saturated heterocycles. The molecule has 1 aromatic carbocycles. The smallest absolute Gasteiger partial charge is 0.257 e. The van der Waals surface area contributed by atoms with Crippen molar-refractivity contribution in [1.29, 1.82) is 0 Å². The van der Waals surface area contributed by atoms with Gasteiger partial charge in [0.05, 0.1) is 16.9 Å². The number of para-hydroxylation sites is 1. The summed E-state index contributed by atoms with van der Waals surface area (Å²) in [6.07, 6.45) is 5.33. The highest BCUT2D eigenvalue weighted by Crippen LogP contribution is 2.26. The van der Waals surface area contributed by atoms with E-state index >= 15 is 0 Å². The van der Waals surface area contributed by atoms with Crippen LogP contribution in [-0.4, -0.2) is 22.1 Å². The number of rotatable bonds is 4. The van der Waals surface area contributed by atoms with E-state index in [1.165, 1.54) is 0 Å². The molecule has 0 saturated carbocycles. The number of hydrogen-bond donors (Lipinski definition) is 1. The third-order valence-electron chi connectivity index (χ3n) is 3.32. The number of benzene rings is 1. The van der Waals surface area contributed by atoms with Crippen molar-refractivity contribution in [3.8, 4) is 11.4 Å². The highest BCUT2D eigenvalue weighted by Gasteiger charge is 2.15. The number of pyridine rings is 2. The minimum Gasteiger partial charge on any atom is -0.321 e. The van der Waals surface area contributed by atoms with Crippen molar-refractivity contribution < 1.29 is 4.79 Å². The number of aromatic nitrogens is 2. The Morgan fingerprint density at radius 3 is 2.52 bits per heavy atom. The van der Waals surface area contributed by atoms with Crippen LogP contribution in [0.4, 0.5) is 5.69 Å². The molecule has 2 heterocycles. The number of thioether (sulfide) groups is 1. The number of hydrogen-bond acceptors (Lipinski definition) is 4. The number of nitrogens with one attached hydrogen (secondary N) is 1. The Bertz CT molecular complexity index is 821. The Hall–Kier alpha value is -2.66. The van der Waals surface area contributed by atoms with Gasteiger partial charge in [0.2, 0.25) is 0 Å². The quantitative estimate of drug-likeness (QED) is 0.735. The summed E-state index contributed by atoms with van der Waals surface area (Å²) in [4.78, 5) is 22.3. The van der Waals surface area contributed by atoms with Gasteiger partial charge in [0.25, 0.3) is 5.91 Å². The van der Waals surface area contributed by atoms with Crippen molar-refractivity contribution in [2.75, 3.05) is 11.6 Å². The first-order chi connectivity index (χ1) is 11.3. The maximum Gasteiger partial charge on any atom is 0.257 e. The van der Waals surface area contributed by atoms with Crippen LogP contribution in [-0.2, 0) is 0 Å². The van der Waals surface area contributed by atoms with Gasteiger partial charge in [-0.25, -0.2) is 0 Å². The minimum absolute atomic E-state index is 0.194. The number of nitrogens with zero attached hydrogens (tertiary/aromatic N) is 2. The van der Waals surface area contributed by atoms with E-state index in [-0.39, 0.29) is 5.91 Å². The molecule has 0 bridgehead atoms. The summed E-state index contributed by atoms with van der Waals surface area (Å²) in [6, 6.07) is 16.8. The van der Waals surface area contributed by atoms with Crippen LogP contribution >= 0.6 is 11.8 Å². The maximum absolute atomic E-state index is 12.7. The third-order valence-corrected chi connectivity index (χ3v) is 4.11. The molecule has 114 valence electrons. The summed E-state index contributed by atoms with van der Waals surface area (Å²) in [5.41, 5.74) is 2.55. The normalized spacial score (nSPS) is 10.3. The van der Waals surface area contributed by atoms with Gasteiger partial charge in [0.1, 0.15) is 5.69 Å². The zero-order valence-electron chi connectivity index (χ0n) is 12.6. The van der Waals surface area contributed by atoms with Gasteiger partial charge in [-0.1, -0.05) is 18.2 Å². The van der Waals surface area contributed by atoms with E-state index in [1.807, 2.05) is 48.7 Å². The Labute approximate surface area is 139 Å². The van der Waals surface area contributed by atoms with Gasteiger partial charge in [0, 0.05) is 17.3 Å². The van der Waals surface area contributed by atoms with Crippen LogP contribution < -0.4 is 5.32 Å². The Morgan fingerprint density at radius 2 is 1.74 bits per heavy atom. The zero-order chi connectivity index (χ0) is 16.1. The minimum atomic E-state index is -0.194. The van der Waals surface area contributed by atoms with E-state index in [0.717, 1.165) is 10.6 Å². The Morgan fingerprint density at radius 1 is 0.957 bits per heavy atom. The molecule has 0 aliphatic rings. The van der Waals surface area contributed by atoms with Gasteiger partial charge >= 0.3 is 0 Å². The molecule has 0 fully saturated rings. The van der Waals surface area contributed by atoms with Crippen molar-refractivity contribution in [2.24, 2.45) is 0 Å². The molecule has 0 atom stereocenters. The monoisotopic (exact) mass is 321 g/mol. The van der Waals surface area contributed by atoms with Crippen LogP contribution in [0.3, 0.4) is 0 Å². The van der Waals surface area contributed by atoms with E-state index in [1.54, 1.807) is 36.3 Å². The fourth-order valence-electron chi connectivity index (χ4n) is 2.23. The van der Waals surface area contributed by atoms with Crippen molar-refractivity contribution in [2.45, 2.75) is 4.90 Å². The summed E-state index contributed by atoms with van der Waals surface area (Å²) >= 11 is 1.59. The molecule has 3 rings (SSSR count). The molecule has 0 spiro atoms. The van der Waals surface area contributed by atoms with Crippen LogP contribution in [0.2, 0.25) is 0 Å². The molecule has 1 amide bonds. The second kappa shape index (κ2) is 7.07. The Kier molecular flexibility index (Phi) is 4.68. The van der Waals surface area contributed by atoms with Gasteiger partial charge in [-0.3, -0.25) is 14.8 Å². The van der Waals surface area contributed by atoms with Crippen molar-refractivity contribution in [1.82, 2.24) is 9.97 Å². The first-order valence-electron chi connectivity index (χ1n) is 7.10. The predicted octanol–water partition coefficient (Wildman–Crippen LogP) is 4.12. The van der Waals surface area contributed by atoms with Crippen LogP contribution in [0.15, 0.2) is 71.9 Å². The molecule has 4 nitrogen and oxygen atoms in total. The summed E-state index contributed by atoms with van der Waals surface area (Å²) < 4.78 is 0. The van der Waals surface area contributed by atoms with E-state index in [4.69, 9.17) is 0 Å². The third kappa shape index (κ3) is 3.40. The summed E-state index contributed by atoms with van der Waals surface area (Å²) in [5, 5.41) is 2.96. The van der Waals surface area contributed by atoms with Crippen LogP contribution in [0.5, 0.6) is 0 Å². The van der Waals surface area contributed by atoms with Crippen molar-refractivity contribution in [3.05, 3.63) is 72.6 Å². The Balaban J connectivity index is 1.95. The second-order valence-corrected chi connectivity index (χ2v) is 5.62. The lowest BCUT2D eigenvalue weighted by molar-refractivity contribution is 0.102. The predicted molar refractivity (Wildman–Crippen MR) is 93.6 cm³/mol. The molecule has 23 heavy (non-hydrogen) atoms. The van der Waals surface area contributed by atoms with Gasteiger partial charge in [0.15, 0.2) is 0 Å². The zero-order valence-corrected chi connectivity index (χ0v) is 13.4. The van der Waals surface area contributed by atoms with Crippen LogP contribution in [0.25, 0.3) is 11.4 Å². The highest BCUT2D eigenvalue weighted by molar-refractivity contribution is 7.98. The summed E-state index contributed by atoms with van der Waals surface area (Å²) in [6.45, 7) is 0. The fraction of sp³-hybridized carbons (Fsp3) is 0.0556. The standard InChI is InChI=1S/C18H15N3OS/c1-23-16-10-3-2-8-14(16)21-18(22)13-7-6-12-20-17(13)15-9-4-5-11-19-15/h2-12H,1H3,(H,21,22). The first-order valence-corrected chi connectivity index (χ1v) is 8.33. The van der Waals surface area contributed by atoms with Crippen molar-refractivity contribution >= 4 is 23.4 Å². The fourth-order valence-corrected chi connectivity index (χ4v) is 2.79. The van der Waals surface area contributed by atoms with Gasteiger partial charge in [-0.2, -0.15) is 0 Å². The SMILES string of the molecule is CSc1ccccc1NC(=O)c1cccnc1-c1ccccn1. The molecule has 3 aromatic rings. The van der Waals surface area contributed by atoms with Gasteiger partial charge < -0.3 is 5.32 Å². The first kappa shape index (κ1) is 15.2. The van der Waals surface area contributed by atoms with Crippen LogP contribution in [0.1, 0.15) is 10.4 Å². The number of carbonyl (C=O) groups is 1. The maximum atomic E-state index is 12.7. The molecule has 2 aromatic heterocycles. The molecule has 5 heteroatoms. The van der Waals surface area contributed by atoms with E-state index in [9.17, 15) is 4.79 Å². The summed E-state index contributed by atoms with van der Waals surface area (Å²) in [7, 11) is 0. The number of carbonyl (C=O) groups excluding carboxylic acids is 1. The topological polar surface area (TPSA) is 54.9 Å².